The quantitative estimate of drug-likeness (QED) is 0.833. The molecule has 1 aromatic heterocycles. The number of nitrogens with one attached hydrogen (secondary N) is 1. The van der Waals surface area contributed by atoms with Crippen LogP contribution in [0, 0.1) is 19.7 Å². The van der Waals surface area contributed by atoms with E-state index in [4.69, 9.17) is 10.3 Å². The van der Waals surface area contributed by atoms with Crippen molar-refractivity contribution in [3.63, 3.8) is 0 Å². The van der Waals surface area contributed by atoms with E-state index in [1.54, 1.807) is 13.8 Å². The maximum atomic E-state index is 13.6. The largest absolute Gasteiger partial charge is 0.399 e. The second kappa shape index (κ2) is 5.22. The lowest BCUT2D eigenvalue weighted by atomic mass is 10.2. The SMILES string of the molecule is Cc1noc(C)c1CNS(=O)(=O)c1cc(N)ccc1F. The molecule has 2 aromatic rings. The van der Waals surface area contributed by atoms with Gasteiger partial charge in [0.05, 0.1) is 5.69 Å². The standard InChI is InChI=1S/C12H14FN3O3S/c1-7-10(8(2)19-16-7)6-15-20(17,18)12-5-9(14)3-4-11(12)13/h3-5,15H,6,14H2,1-2H3. The van der Waals surface area contributed by atoms with Crippen molar-refractivity contribution in [3.8, 4) is 0 Å². The lowest BCUT2D eigenvalue weighted by Gasteiger charge is -2.08. The molecule has 0 amide bonds. The number of aryl methyl sites for hydroxylation is 2. The summed E-state index contributed by atoms with van der Waals surface area (Å²) in [5.41, 5.74) is 6.85. The molecule has 0 saturated heterocycles. The fraction of sp³-hybridized carbons (Fsp3) is 0.250. The van der Waals surface area contributed by atoms with E-state index in [2.05, 4.69) is 9.88 Å². The van der Waals surface area contributed by atoms with Gasteiger partial charge in [-0.15, -0.1) is 0 Å². The van der Waals surface area contributed by atoms with Crippen LogP contribution in [0.25, 0.3) is 0 Å². The van der Waals surface area contributed by atoms with E-state index in [-0.39, 0.29) is 12.2 Å². The Balaban J connectivity index is 2.26. The number of nitrogen functional groups attached to an aromatic ring is 1. The number of aromatic nitrogens is 1. The monoisotopic (exact) mass is 299 g/mol. The van der Waals surface area contributed by atoms with Crippen LogP contribution in [0.3, 0.4) is 0 Å². The number of benzene rings is 1. The molecule has 2 rings (SSSR count). The van der Waals surface area contributed by atoms with Gasteiger partial charge >= 0.3 is 0 Å². The maximum absolute atomic E-state index is 13.6. The first-order chi connectivity index (χ1) is 9.31. The number of nitrogens with two attached hydrogens (primary N) is 1. The van der Waals surface area contributed by atoms with Gasteiger partial charge in [0.2, 0.25) is 10.0 Å². The second-order valence-corrected chi connectivity index (χ2v) is 6.05. The maximum Gasteiger partial charge on any atom is 0.243 e. The van der Waals surface area contributed by atoms with Crippen molar-refractivity contribution in [2.75, 3.05) is 5.73 Å². The van der Waals surface area contributed by atoms with E-state index in [0.29, 0.717) is 17.0 Å². The van der Waals surface area contributed by atoms with Gasteiger partial charge in [0.1, 0.15) is 16.5 Å². The van der Waals surface area contributed by atoms with Gasteiger partial charge in [-0.3, -0.25) is 0 Å². The molecule has 1 heterocycles. The summed E-state index contributed by atoms with van der Waals surface area (Å²) in [6.07, 6.45) is 0. The van der Waals surface area contributed by atoms with Crippen molar-refractivity contribution < 1.29 is 17.3 Å². The van der Waals surface area contributed by atoms with Crippen LogP contribution in [0.1, 0.15) is 17.0 Å². The highest BCUT2D eigenvalue weighted by molar-refractivity contribution is 7.89. The van der Waals surface area contributed by atoms with Crippen LogP contribution in [-0.2, 0) is 16.6 Å². The van der Waals surface area contributed by atoms with Gasteiger partial charge in [-0.05, 0) is 32.0 Å². The number of rotatable bonds is 4. The number of anilines is 1. The minimum atomic E-state index is -4.00. The van der Waals surface area contributed by atoms with Crippen LogP contribution >= 0.6 is 0 Å². The Labute approximate surface area is 115 Å². The number of nitrogens with zero attached hydrogens (tertiary/aromatic N) is 1. The van der Waals surface area contributed by atoms with Crippen molar-refractivity contribution in [1.82, 2.24) is 9.88 Å². The van der Waals surface area contributed by atoms with Crippen molar-refractivity contribution in [2.24, 2.45) is 0 Å². The molecule has 0 atom stereocenters. The molecule has 108 valence electrons. The molecular formula is C12H14FN3O3S. The summed E-state index contributed by atoms with van der Waals surface area (Å²) in [6, 6.07) is 3.38. The summed E-state index contributed by atoms with van der Waals surface area (Å²) >= 11 is 0. The zero-order valence-electron chi connectivity index (χ0n) is 11.0. The highest BCUT2D eigenvalue weighted by Gasteiger charge is 2.20. The van der Waals surface area contributed by atoms with Crippen LogP contribution in [0.4, 0.5) is 10.1 Å². The van der Waals surface area contributed by atoms with Crippen LogP contribution in [0.5, 0.6) is 0 Å². The predicted molar refractivity (Wildman–Crippen MR) is 70.8 cm³/mol. The number of hydrogen-bond acceptors (Lipinski definition) is 5. The summed E-state index contributed by atoms with van der Waals surface area (Å²) in [7, 11) is -4.00. The predicted octanol–water partition coefficient (Wildman–Crippen LogP) is 1.49. The average Bonchev–Trinajstić information content (AvgIpc) is 2.69. The van der Waals surface area contributed by atoms with Crippen LogP contribution < -0.4 is 10.5 Å². The third-order valence-electron chi connectivity index (χ3n) is 2.86. The summed E-state index contributed by atoms with van der Waals surface area (Å²) in [4.78, 5) is -0.482. The first-order valence-corrected chi connectivity index (χ1v) is 7.26. The lowest BCUT2D eigenvalue weighted by molar-refractivity contribution is 0.392. The van der Waals surface area contributed by atoms with Gasteiger partial charge in [0, 0.05) is 17.8 Å². The Bertz CT molecular complexity index is 721. The fourth-order valence-corrected chi connectivity index (χ4v) is 2.83. The summed E-state index contributed by atoms with van der Waals surface area (Å²) in [6.45, 7) is 3.34. The molecule has 20 heavy (non-hydrogen) atoms. The molecule has 0 saturated carbocycles. The van der Waals surface area contributed by atoms with Gasteiger partial charge < -0.3 is 10.3 Å². The van der Waals surface area contributed by atoms with Crippen LogP contribution in [-0.4, -0.2) is 13.6 Å². The van der Waals surface area contributed by atoms with Crippen molar-refractivity contribution in [3.05, 3.63) is 41.0 Å². The third-order valence-corrected chi connectivity index (χ3v) is 4.28. The average molecular weight is 299 g/mol. The van der Waals surface area contributed by atoms with Gasteiger partial charge in [0.25, 0.3) is 0 Å². The van der Waals surface area contributed by atoms with Crippen LogP contribution in [0.2, 0.25) is 0 Å². The summed E-state index contributed by atoms with van der Waals surface area (Å²) < 4.78 is 44.9. The zero-order chi connectivity index (χ0) is 14.9. The third kappa shape index (κ3) is 2.81. The van der Waals surface area contributed by atoms with Crippen molar-refractivity contribution >= 4 is 15.7 Å². The topological polar surface area (TPSA) is 98.2 Å². The van der Waals surface area contributed by atoms with Gasteiger partial charge in [-0.2, -0.15) is 0 Å². The molecule has 0 unspecified atom stereocenters. The fourth-order valence-electron chi connectivity index (χ4n) is 1.73. The van der Waals surface area contributed by atoms with E-state index >= 15 is 0 Å². The molecule has 8 heteroatoms. The minimum Gasteiger partial charge on any atom is -0.399 e. The molecule has 0 spiro atoms. The van der Waals surface area contributed by atoms with E-state index in [9.17, 15) is 12.8 Å². The minimum absolute atomic E-state index is 0.0300. The number of sulfonamides is 1. The number of halogens is 1. The second-order valence-electron chi connectivity index (χ2n) is 4.32. The number of hydrogen-bond donors (Lipinski definition) is 2. The molecule has 3 N–H and O–H groups in total. The highest BCUT2D eigenvalue weighted by atomic mass is 32.2. The Kier molecular flexibility index (Phi) is 3.78. The normalized spacial score (nSPS) is 11.8. The molecule has 6 nitrogen and oxygen atoms in total. The van der Waals surface area contributed by atoms with Gasteiger partial charge in [-0.1, -0.05) is 5.16 Å². The Morgan fingerprint density at radius 3 is 2.70 bits per heavy atom. The first-order valence-electron chi connectivity index (χ1n) is 5.77. The molecule has 0 aliphatic carbocycles. The van der Waals surface area contributed by atoms with E-state index in [1.165, 1.54) is 6.07 Å². The highest BCUT2D eigenvalue weighted by Crippen LogP contribution is 2.19. The molecule has 0 aliphatic rings. The lowest BCUT2D eigenvalue weighted by Crippen LogP contribution is -2.24. The van der Waals surface area contributed by atoms with E-state index < -0.39 is 20.7 Å². The van der Waals surface area contributed by atoms with Crippen LogP contribution in [0.15, 0.2) is 27.6 Å². The Morgan fingerprint density at radius 2 is 2.10 bits per heavy atom. The van der Waals surface area contributed by atoms with Gasteiger partial charge in [0.15, 0.2) is 0 Å². The Morgan fingerprint density at radius 1 is 1.40 bits per heavy atom. The first kappa shape index (κ1) is 14.5. The Hall–Kier alpha value is -1.93. The molecule has 1 aromatic carbocycles. The smallest absolute Gasteiger partial charge is 0.243 e. The molecular weight excluding hydrogens is 285 g/mol. The van der Waals surface area contributed by atoms with Crippen molar-refractivity contribution in [1.29, 1.82) is 0 Å². The van der Waals surface area contributed by atoms with E-state index in [1.807, 2.05) is 0 Å². The molecule has 0 bridgehead atoms. The van der Waals surface area contributed by atoms with Gasteiger partial charge in [-0.25, -0.2) is 17.5 Å². The molecule has 0 aliphatic heterocycles. The van der Waals surface area contributed by atoms with E-state index in [0.717, 1.165) is 12.1 Å². The molecule has 0 radical (unpaired) electrons. The molecule has 0 fully saturated rings. The summed E-state index contributed by atoms with van der Waals surface area (Å²) in [5.74, 6) is -0.344. The van der Waals surface area contributed by atoms with Crippen molar-refractivity contribution in [2.45, 2.75) is 25.3 Å². The summed E-state index contributed by atoms with van der Waals surface area (Å²) in [5, 5.41) is 3.72. The zero-order valence-corrected chi connectivity index (χ0v) is 11.8.